The maximum Gasteiger partial charge on any atom is 0.138 e. The van der Waals surface area contributed by atoms with Gasteiger partial charge < -0.3 is 15.6 Å². The summed E-state index contributed by atoms with van der Waals surface area (Å²) in [5.74, 6) is 0.574. The number of ether oxygens (including phenoxy) is 1. The van der Waals surface area contributed by atoms with E-state index in [9.17, 15) is 5.11 Å². The van der Waals surface area contributed by atoms with E-state index in [2.05, 4.69) is 0 Å². The molecule has 3 N–H and O–H groups in total. The molecule has 0 aliphatic rings. The van der Waals surface area contributed by atoms with Gasteiger partial charge in [0.1, 0.15) is 18.5 Å². The number of rotatable bonds is 4. The Morgan fingerprint density at radius 1 is 1.26 bits per heavy atom. The number of halogens is 1. The number of aliphatic hydroxyl groups excluding tert-OH is 1. The van der Waals surface area contributed by atoms with Crippen molar-refractivity contribution in [1.29, 1.82) is 0 Å². The van der Waals surface area contributed by atoms with Crippen molar-refractivity contribution in [1.82, 2.24) is 0 Å². The molecule has 0 amide bonds. The van der Waals surface area contributed by atoms with Crippen LogP contribution >= 0.6 is 11.6 Å². The Morgan fingerprint density at radius 2 is 2.05 bits per heavy atom. The molecule has 4 heteroatoms. The molecule has 1 atom stereocenters. The molecule has 19 heavy (non-hydrogen) atoms. The predicted molar refractivity (Wildman–Crippen MR) is 77.5 cm³/mol. The van der Waals surface area contributed by atoms with Crippen LogP contribution in [-0.2, 0) is 0 Å². The number of aliphatic hydroxyl groups is 1. The smallest absolute Gasteiger partial charge is 0.138 e. The van der Waals surface area contributed by atoms with Gasteiger partial charge in [-0.2, -0.15) is 0 Å². The first kappa shape index (κ1) is 13.7. The molecule has 0 radical (unpaired) electrons. The Bertz CT molecular complexity index is 572. The van der Waals surface area contributed by atoms with E-state index in [1.165, 1.54) is 0 Å². The average molecular weight is 278 g/mol. The summed E-state index contributed by atoms with van der Waals surface area (Å²) in [6.45, 7) is 2.09. The highest BCUT2D eigenvalue weighted by Gasteiger charge is 2.10. The monoisotopic (exact) mass is 277 g/mol. The molecule has 0 aromatic heterocycles. The Labute approximate surface area is 117 Å². The lowest BCUT2D eigenvalue weighted by Crippen LogP contribution is -2.10. The molecule has 0 aliphatic carbocycles. The van der Waals surface area contributed by atoms with Crippen LogP contribution in [0, 0.1) is 6.92 Å². The number of aryl methyl sites for hydroxylation is 1. The lowest BCUT2D eigenvalue weighted by molar-refractivity contribution is 0.108. The van der Waals surface area contributed by atoms with E-state index in [1.54, 1.807) is 24.3 Å². The fourth-order valence-electron chi connectivity index (χ4n) is 1.75. The molecule has 1 unspecified atom stereocenters. The molecular weight excluding hydrogens is 262 g/mol. The summed E-state index contributed by atoms with van der Waals surface area (Å²) >= 11 is 6.02. The first-order valence-corrected chi connectivity index (χ1v) is 6.36. The zero-order chi connectivity index (χ0) is 13.8. The average Bonchev–Trinajstić information content (AvgIpc) is 2.39. The number of nitrogen functional groups attached to an aromatic ring is 1. The Hall–Kier alpha value is -1.71. The number of benzene rings is 2. The van der Waals surface area contributed by atoms with E-state index in [0.29, 0.717) is 16.5 Å². The van der Waals surface area contributed by atoms with Crippen molar-refractivity contribution in [2.75, 3.05) is 12.3 Å². The number of hydrogen-bond donors (Lipinski definition) is 2. The van der Waals surface area contributed by atoms with E-state index in [1.807, 2.05) is 25.1 Å². The zero-order valence-electron chi connectivity index (χ0n) is 10.6. The lowest BCUT2D eigenvalue weighted by atomic mass is 10.1. The van der Waals surface area contributed by atoms with Gasteiger partial charge in [0, 0.05) is 5.69 Å². The van der Waals surface area contributed by atoms with Crippen LogP contribution in [0.4, 0.5) is 5.69 Å². The first-order chi connectivity index (χ1) is 9.06. The van der Waals surface area contributed by atoms with Crippen LogP contribution in [0.2, 0.25) is 5.02 Å². The molecule has 0 saturated heterocycles. The summed E-state index contributed by atoms with van der Waals surface area (Å²) in [6.07, 6.45) is -0.736. The van der Waals surface area contributed by atoms with Crippen molar-refractivity contribution < 1.29 is 9.84 Å². The Kier molecular flexibility index (Phi) is 4.30. The van der Waals surface area contributed by atoms with E-state index in [-0.39, 0.29) is 6.61 Å². The maximum absolute atomic E-state index is 10.0. The zero-order valence-corrected chi connectivity index (χ0v) is 11.4. The number of nitrogens with two attached hydrogens (primary N) is 1. The van der Waals surface area contributed by atoms with Gasteiger partial charge in [0.2, 0.25) is 0 Å². The second kappa shape index (κ2) is 5.95. The topological polar surface area (TPSA) is 55.5 Å². The van der Waals surface area contributed by atoms with Crippen molar-refractivity contribution in [3.8, 4) is 5.75 Å². The van der Waals surface area contributed by atoms with Gasteiger partial charge >= 0.3 is 0 Å². The summed E-state index contributed by atoms with van der Waals surface area (Å²) in [5.41, 5.74) is 8.07. The van der Waals surface area contributed by atoms with E-state index in [4.69, 9.17) is 22.1 Å². The first-order valence-electron chi connectivity index (χ1n) is 5.98. The molecule has 0 aliphatic heterocycles. The normalized spacial score (nSPS) is 12.2. The van der Waals surface area contributed by atoms with E-state index in [0.717, 1.165) is 11.1 Å². The third kappa shape index (κ3) is 3.63. The fourth-order valence-corrected chi connectivity index (χ4v) is 1.92. The van der Waals surface area contributed by atoms with E-state index >= 15 is 0 Å². The minimum absolute atomic E-state index is 0.132. The number of anilines is 1. The maximum atomic E-state index is 10.0. The summed E-state index contributed by atoms with van der Waals surface area (Å²) in [7, 11) is 0. The molecule has 2 aromatic carbocycles. The van der Waals surface area contributed by atoms with Gasteiger partial charge in [0.15, 0.2) is 0 Å². The van der Waals surface area contributed by atoms with E-state index < -0.39 is 6.10 Å². The molecule has 0 heterocycles. The highest BCUT2D eigenvalue weighted by molar-refractivity contribution is 6.32. The summed E-state index contributed by atoms with van der Waals surface area (Å²) in [6, 6.07) is 12.6. The lowest BCUT2D eigenvalue weighted by Gasteiger charge is -2.14. The summed E-state index contributed by atoms with van der Waals surface area (Å²) in [4.78, 5) is 0. The Balaban J connectivity index is 2.04. The minimum atomic E-state index is -0.736. The molecule has 3 nitrogen and oxygen atoms in total. The quantitative estimate of drug-likeness (QED) is 0.843. The molecular formula is C15H16ClNO2. The SMILES string of the molecule is Cc1ccc(Cl)c(OCC(O)c2cccc(N)c2)c1. The van der Waals surface area contributed by atoms with Crippen LogP contribution in [-0.4, -0.2) is 11.7 Å². The molecule has 0 bridgehead atoms. The molecule has 0 fully saturated rings. The van der Waals surface area contributed by atoms with Crippen LogP contribution < -0.4 is 10.5 Å². The second-order valence-corrected chi connectivity index (χ2v) is 4.84. The summed E-state index contributed by atoms with van der Waals surface area (Å²) < 4.78 is 5.55. The predicted octanol–water partition coefficient (Wildman–Crippen LogP) is 3.34. The highest BCUT2D eigenvalue weighted by atomic mass is 35.5. The Morgan fingerprint density at radius 3 is 2.79 bits per heavy atom. The second-order valence-electron chi connectivity index (χ2n) is 4.43. The van der Waals surface area contributed by atoms with Crippen molar-refractivity contribution >= 4 is 17.3 Å². The van der Waals surface area contributed by atoms with Crippen LogP contribution in [0.15, 0.2) is 42.5 Å². The van der Waals surface area contributed by atoms with Crippen molar-refractivity contribution in [3.05, 3.63) is 58.6 Å². The highest BCUT2D eigenvalue weighted by Crippen LogP contribution is 2.26. The van der Waals surface area contributed by atoms with Gasteiger partial charge in [-0.25, -0.2) is 0 Å². The molecule has 100 valence electrons. The van der Waals surface area contributed by atoms with Crippen molar-refractivity contribution in [2.24, 2.45) is 0 Å². The van der Waals surface area contributed by atoms with Crippen molar-refractivity contribution in [3.63, 3.8) is 0 Å². The van der Waals surface area contributed by atoms with Crippen LogP contribution in [0.5, 0.6) is 5.75 Å². The van der Waals surface area contributed by atoms with Crippen LogP contribution in [0.25, 0.3) is 0 Å². The molecule has 0 spiro atoms. The summed E-state index contributed by atoms with van der Waals surface area (Å²) in [5, 5.41) is 10.6. The van der Waals surface area contributed by atoms with Gasteiger partial charge in [-0.05, 0) is 42.3 Å². The van der Waals surface area contributed by atoms with Crippen LogP contribution in [0.3, 0.4) is 0 Å². The minimum Gasteiger partial charge on any atom is -0.489 e. The molecule has 0 saturated carbocycles. The van der Waals surface area contributed by atoms with Gasteiger partial charge in [-0.1, -0.05) is 29.8 Å². The van der Waals surface area contributed by atoms with Gasteiger partial charge in [0.25, 0.3) is 0 Å². The van der Waals surface area contributed by atoms with Gasteiger partial charge in [-0.15, -0.1) is 0 Å². The standard InChI is InChI=1S/C15H16ClNO2/c1-10-5-6-13(16)15(7-10)19-9-14(18)11-3-2-4-12(17)8-11/h2-8,14,18H,9,17H2,1H3. The third-order valence-electron chi connectivity index (χ3n) is 2.78. The number of hydrogen-bond acceptors (Lipinski definition) is 3. The van der Waals surface area contributed by atoms with Gasteiger partial charge in [-0.3, -0.25) is 0 Å². The van der Waals surface area contributed by atoms with Crippen molar-refractivity contribution in [2.45, 2.75) is 13.0 Å². The third-order valence-corrected chi connectivity index (χ3v) is 3.09. The fraction of sp³-hybridized carbons (Fsp3) is 0.200. The molecule has 2 rings (SSSR count). The van der Waals surface area contributed by atoms with Crippen LogP contribution in [0.1, 0.15) is 17.2 Å². The largest absolute Gasteiger partial charge is 0.489 e. The molecule has 2 aromatic rings. The van der Waals surface area contributed by atoms with Gasteiger partial charge in [0.05, 0.1) is 5.02 Å².